The minimum Gasteiger partial charge on any atom is -0.501 e. The summed E-state index contributed by atoms with van der Waals surface area (Å²) in [5.74, 6) is -1.55. The Labute approximate surface area is 231 Å². The molecule has 3 heterocycles. The number of rotatable bonds is 7. The highest BCUT2D eigenvalue weighted by Gasteiger charge is 2.38. The lowest BCUT2D eigenvalue weighted by molar-refractivity contribution is 0.0762. The van der Waals surface area contributed by atoms with E-state index in [0.717, 1.165) is 5.56 Å². The third-order valence-corrected chi connectivity index (χ3v) is 8.92. The number of fused-ring (bicyclic) bond motifs is 1. The number of nitrogens with zero attached hydrogens (tertiary/aromatic N) is 4. The molecule has 1 saturated heterocycles. The molecule has 12 heteroatoms. The van der Waals surface area contributed by atoms with Crippen molar-refractivity contribution in [3.63, 3.8) is 0 Å². The van der Waals surface area contributed by atoms with Crippen LogP contribution in [0.2, 0.25) is 0 Å². The molecule has 3 aromatic rings. The fraction of sp³-hybridized carbons (Fsp3) is 0.357. The second kappa shape index (κ2) is 11.5. The Morgan fingerprint density at radius 2 is 1.68 bits per heavy atom. The normalized spacial score (nSPS) is 17.4. The van der Waals surface area contributed by atoms with Crippen molar-refractivity contribution in [2.24, 2.45) is 0 Å². The number of benzene rings is 2. The van der Waals surface area contributed by atoms with E-state index in [9.17, 15) is 27.9 Å². The molecule has 1 atom stereocenters. The number of ether oxygens (including phenoxy) is 1. The van der Waals surface area contributed by atoms with Gasteiger partial charge in [0, 0.05) is 26.2 Å². The van der Waals surface area contributed by atoms with E-state index >= 15 is 0 Å². The summed E-state index contributed by atoms with van der Waals surface area (Å²) in [5, 5.41) is 10.6. The van der Waals surface area contributed by atoms with Crippen molar-refractivity contribution in [1.29, 1.82) is 0 Å². The van der Waals surface area contributed by atoms with E-state index in [-0.39, 0.29) is 48.4 Å². The maximum absolute atomic E-state index is 13.6. The first kappa shape index (κ1) is 27.4. The van der Waals surface area contributed by atoms with Crippen molar-refractivity contribution >= 4 is 21.8 Å². The van der Waals surface area contributed by atoms with Crippen LogP contribution < -0.4 is 5.56 Å². The molecule has 2 aromatic carbocycles. The van der Waals surface area contributed by atoms with Crippen LogP contribution >= 0.6 is 0 Å². The molecule has 0 aliphatic carbocycles. The quantitative estimate of drug-likeness (QED) is 0.461. The Morgan fingerprint density at radius 1 is 0.975 bits per heavy atom. The van der Waals surface area contributed by atoms with Gasteiger partial charge in [-0.05, 0) is 37.0 Å². The van der Waals surface area contributed by atoms with Crippen LogP contribution in [0.3, 0.4) is 0 Å². The van der Waals surface area contributed by atoms with Crippen LogP contribution in [0, 0.1) is 0 Å². The number of hydrogen-bond donors (Lipinski definition) is 1. The monoisotopic (exact) mass is 566 g/mol. The van der Waals surface area contributed by atoms with Crippen molar-refractivity contribution in [2.75, 3.05) is 25.4 Å². The summed E-state index contributed by atoms with van der Waals surface area (Å²) < 4.78 is 32.6. The lowest BCUT2D eigenvalue weighted by Gasteiger charge is -2.27. The molecule has 0 bridgehead atoms. The van der Waals surface area contributed by atoms with Crippen molar-refractivity contribution in [2.45, 2.75) is 43.4 Å². The number of aromatic nitrogens is 2. The summed E-state index contributed by atoms with van der Waals surface area (Å²) in [6, 6.07) is 16.6. The lowest BCUT2D eigenvalue weighted by Crippen LogP contribution is -2.38. The van der Waals surface area contributed by atoms with Crippen LogP contribution in [0.1, 0.15) is 47.2 Å². The van der Waals surface area contributed by atoms with Gasteiger partial charge < -0.3 is 19.3 Å². The maximum atomic E-state index is 13.6. The van der Waals surface area contributed by atoms with Gasteiger partial charge in [-0.15, -0.1) is 0 Å². The van der Waals surface area contributed by atoms with Crippen LogP contribution in [-0.4, -0.2) is 70.3 Å². The Hall–Kier alpha value is -4.19. The summed E-state index contributed by atoms with van der Waals surface area (Å²) in [7, 11) is -3.65. The highest BCUT2D eigenvalue weighted by molar-refractivity contribution is 7.91. The summed E-state index contributed by atoms with van der Waals surface area (Å²) >= 11 is 0. The molecule has 0 spiro atoms. The third-order valence-electron chi connectivity index (χ3n) is 7.21. The number of sulfone groups is 1. The average Bonchev–Trinajstić information content (AvgIpc) is 3.39. The number of aromatic hydroxyl groups is 1. The largest absolute Gasteiger partial charge is 0.501 e. The standard InChI is InChI=1S/C28H30N4O7S/c33-24-23-27(35)30(17-18-40(37,38)21-11-5-2-6-12-21)14-8-16-32(23)25(29-26(24)34)22-13-7-15-31(22)28(36)39-19-20-9-3-1-4-10-20/h1-6,9-12,22,33H,7-8,13-19H2/t22-/m0/s1. The average molecular weight is 567 g/mol. The molecule has 11 nitrogen and oxygen atoms in total. The second-order valence-electron chi connectivity index (χ2n) is 9.79. The predicted molar refractivity (Wildman–Crippen MR) is 144 cm³/mol. The summed E-state index contributed by atoms with van der Waals surface area (Å²) in [6.45, 7) is 0.849. The summed E-state index contributed by atoms with van der Waals surface area (Å²) in [5.41, 5.74) is -0.383. The molecule has 0 saturated carbocycles. The van der Waals surface area contributed by atoms with Gasteiger partial charge in [-0.3, -0.25) is 14.5 Å². The molecule has 0 unspecified atom stereocenters. The Kier molecular flexibility index (Phi) is 7.88. The van der Waals surface area contributed by atoms with Gasteiger partial charge in [-0.1, -0.05) is 48.5 Å². The minimum absolute atomic E-state index is 0.0866. The number of hydrogen-bond acceptors (Lipinski definition) is 8. The van der Waals surface area contributed by atoms with Crippen molar-refractivity contribution < 1.29 is 27.9 Å². The first-order valence-electron chi connectivity index (χ1n) is 13.1. The molecule has 210 valence electrons. The van der Waals surface area contributed by atoms with Gasteiger partial charge in [0.25, 0.3) is 5.91 Å². The molecular weight excluding hydrogens is 536 g/mol. The molecule has 0 radical (unpaired) electrons. The molecule has 5 rings (SSSR count). The van der Waals surface area contributed by atoms with E-state index in [0.29, 0.717) is 25.8 Å². The molecule has 2 aliphatic rings. The van der Waals surface area contributed by atoms with Crippen LogP contribution in [0.4, 0.5) is 4.79 Å². The van der Waals surface area contributed by atoms with Gasteiger partial charge in [-0.25, -0.2) is 13.2 Å². The van der Waals surface area contributed by atoms with Crippen LogP contribution in [0.15, 0.2) is 70.4 Å². The van der Waals surface area contributed by atoms with E-state index < -0.39 is 39.2 Å². The molecule has 2 aliphatic heterocycles. The number of likely N-dealkylation sites (tertiary alicyclic amines) is 1. The zero-order chi connectivity index (χ0) is 28.3. The second-order valence-corrected chi connectivity index (χ2v) is 11.9. The highest BCUT2D eigenvalue weighted by atomic mass is 32.2. The van der Waals surface area contributed by atoms with Crippen LogP contribution in [-0.2, 0) is 27.7 Å². The van der Waals surface area contributed by atoms with Gasteiger partial charge >= 0.3 is 11.7 Å². The molecular formula is C28H30N4O7S. The Balaban J connectivity index is 1.39. The lowest BCUT2D eigenvalue weighted by atomic mass is 10.2. The highest BCUT2D eigenvalue weighted by Crippen LogP contribution is 2.33. The fourth-order valence-corrected chi connectivity index (χ4v) is 6.44. The Morgan fingerprint density at radius 3 is 2.40 bits per heavy atom. The molecule has 1 fully saturated rings. The smallest absolute Gasteiger partial charge is 0.410 e. The minimum atomic E-state index is -3.65. The fourth-order valence-electron chi connectivity index (χ4n) is 5.17. The van der Waals surface area contributed by atoms with E-state index in [1.54, 1.807) is 18.2 Å². The van der Waals surface area contributed by atoms with Crippen LogP contribution in [0.25, 0.3) is 0 Å². The van der Waals surface area contributed by atoms with E-state index in [2.05, 4.69) is 4.98 Å². The van der Waals surface area contributed by atoms with Crippen molar-refractivity contribution in [3.05, 3.63) is 88.1 Å². The van der Waals surface area contributed by atoms with E-state index in [1.807, 2.05) is 30.3 Å². The number of carbonyl (C=O) groups is 2. The number of carbonyl (C=O) groups excluding carboxylic acids is 2. The van der Waals surface area contributed by atoms with E-state index in [4.69, 9.17) is 4.74 Å². The van der Waals surface area contributed by atoms with Gasteiger partial charge in [0.05, 0.1) is 16.7 Å². The third kappa shape index (κ3) is 5.57. The molecule has 2 amide bonds. The number of amides is 2. The Bertz CT molecular complexity index is 1560. The zero-order valence-electron chi connectivity index (χ0n) is 21.8. The van der Waals surface area contributed by atoms with Gasteiger partial charge in [0.1, 0.15) is 12.4 Å². The SMILES string of the molecule is O=C1c2c(O)c(=O)nc([C@@H]3CCCN3C(=O)OCc3ccccc3)n2CCCN1CCS(=O)(=O)c1ccccc1. The van der Waals surface area contributed by atoms with Crippen LogP contribution in [0.5, 0.6) is 5.75 Å². The summed E-state index contributed by atoms with van der Waals surface area (Å²) in [4.78, 5) is 46.4. The first-order valence-corrected chi connectivity index (χ1v) is 14.8. The van der Waals surface area contributed by atoms with Crippen molar-refractivity contribution in [1.82, 2.24) is 19.4 Å². The maximum Gasteiger partial charge on any atom is 0.410 e. The first-order chi connectivity index (χ1) is 19.3. The van der Waals surface area contributed by atoms with Gasteiger partial charge in [0.2, 0.25) is 5.75 Å². The van der Waals surface area contributed by atoms with Gasteiger partial charge in [0.15, 0.2) is 15.5 Å². The van der Waals surface area contributed by atoms with Gasteiger partial charge in [-0.2, -0.15) is 4.98 Å². The zero-order valence-corrected chi connectivity index (χ0v) is 22.6. The van der Waals surface area contributed by atoms with Crippen molar-refractivity contribution in [3.8, 4) is 5.75 Å². The molecule has 40 heavy (non-hydrogen) atoms. The summed E-state index contributed by atoms with van der Waals surface area (Å²) in [6.07, 6.45) is 1.03. The van der Waals surface area contributed by atoms with E-state index in [1.165, 1.54) is 26.5 Å². The predicted octanol–water partition coefficient (Wildman–Crippen LogP) is 2.74. The molecule has 1 aromatic heterocycles. The topological polar surface area (TPSA) is 139 Å². The molecule has 1 N–H and O–H groups in total.